The highest BCUT2D eigenvalue weighted by Crippen LogP contribution is 2.21. The number of piperazine rings is 1. The van der Waals surface area contributed by atoms with E-state index in [2.05, 4.69) is 18.7 Å². The molecule has 100 valence electrons. The lowest BCUT2D eigenvalue weighted by Gasteiger charge is -2.47. The number of aliphatic hydroxyl groups is 1. The first-order valence-electron chi connectivity index (χ1n) is 6.59. The number of carbonyl (C=O) groups excluding carboxylic acids is 1. The van der Waals surface area contributed by atoms with E-state index >= 15 is 0 Å². The van der Waals surface area contributed by atoms with Crippen molar-refractivity contribution in [3.63, 3.8) is 0 Å². The summed E-state index contributed by atoms with van der Waals surface area (Å²) in [5.74, 6) is 0.179. The Hall–Kier alpha value is -0.610. The molecule has 0 spiro atoms. The van der Waals surface area contributed by atoms with Gasteiger partial charge in [0.1, 0.15) is 0 Å². The highest BCUT2D eigenvalue weighted by atomic mass is 16.2. The molecule has 0 bridgehead atoms. The fourth-order valence-corrected chi connectivity index (χ4v) is 2.46. The monoisotopic (exact) mass is 242 g/mol. The lowest BCUT2D eigenvalue weighted by Crippen LogP contribution is -2.60. The number of amides is 1. The zero-order chi connectivity index (χ0) is 12.9. The number of nitrogens with zero attached hydrogens (tertiary/aromatic N) is 2. The number of hydrogen-bond donors (Lipinski definition) is 1. The van der Waals surface area contributed by atoms with Crippen LogP contribution in [0.1, 0.15) is 40.0 Å². The van der Waals surface area contributed by atoms with Gasteiger partial charge in [-0.15, -0.1) is 0 Å². The number of aliphatic hydroxyl groups excluding tert-OH is 1. The minimum atomic E-state index is 0.0726. The smallest absolute Gasteiger partial charge is 0.219 e. The first-order chi connectivity index (χ1) is 7.97. The molecule has 1 aliphatic rings. The fourth-order valence-electron chi connectivity index (χ4n) is 2.46. The SMILES string of the molecule is CC(=O)N1CCN(CCCCCO)C(C)(C)C1. The molecule has 4 nitrogen and oxygen atoms in total. The summed E-state index contributed by atoms with van der Waals surface area (Å²) in [5.41, 5.74) is 0.0726. The lowest BCUT2D eigenvalue weighted by atomic mass is 9.98. The molecule has 1 amide bonds. The molecule has 0 aliphatic carbocycles. The molecule has 4 heteroatoms. The summed E-state index contributed by atoms with van der Waals surface area (Å²) in [6.07, 6.45) is 3.11. The van der Waals surface area contributed by atoms with Gasteiger partial charge in [-0.3, -0.25) is 9.69 Å². The van der Waals surface area contributed by atoms with E-state index in [9.17, 15) is 4.79 Å². The molecule has 1 saturated heterocycles. The first kappa shape index (κ1) is 14.5. The first-order valence-corrected chi connectivity index (χ1v) is 6.59. The van der Waals surface area contributed by atoms with Crippen molar-refractivity contribution in [2.75, 3.05) is 32.8 Å². The molecular weight excluding hydrogens is 216 g/mol. The van der Waals surface area contributed by atoms with Crippen LogP contribution < -0.4 is 0 Å². The summed E-state index contributed by atoms with van der Waals surface area (Å²) in [4.78, 5) is 15.8. The predicted octanol–water partition coefficient (Wildman–Crippen LogP) is 1.09. The van der Waals surface area contributed by atoms with Crippen LogP contribution in [-0.4, -0.2) is 59.1 Å². The van der Waals surface area contributed by atoms with Crippen molar-refractivity contribution in [2.45, 2.75) is 45.6 Å². The van der Waals surface area contributed by atoms with E-state index in [1.807, 2.05) is 4.90 Å². The van der Waals surface area contributed by atoms with Gasteiger partial charge in [-0.2, -0.15) is 0 Å². The van der Waals surface area contributed by atoms with Crippen LogP contribution in [0.25, 0.3) is 0 Å². The van der Waals surface area contributed by atoms with Crippen molar-refractivity contribution in [1.82, 2.24) is 9.80 Å². The number of hydrogen-bond acceptors (Lipinski definition) is 3. The summed E-state index contributed by atoms with van der Waals surface area (Å²) < 4.78 is 0. The topological polar surface area (TPSA) is 43.8 Å². The highest BCUT2D eigenvalue weighted by Gasteiger charge is 2.33. The van der Waals surface area contributed by atoms with E-state index < -0.39 is 0 Å². The van der Waals surface area contributed by atoms with Gasteiger partial charge in [0.05, 0.1) is 0 Å². The Labute approximate surface area is 105 Å². The van der Waals surface area contributed by atoms with Crippen molar-refractivity contribution in [3.8, 4) is 0 Å². The molecule has 0 unspecified atom stereocenters. The van der Waals surface area contributed by atoms with E-state index in [0.717, 1.165) is 45.4 Å². The van der Waals surface area contributed by atoms with Gasteiger partial charge in [-0.25, -0.2) is 0 Å². The van der Waals surface area contributed by atoms with Crippen molar-refractivity contribution < 1.29 is 9.90 Å². The largest absolute Gasteiger partial charge is 0.396 e. The molecule has 0 atom stereocenters. The Morgan fingerprint density at radius 1 is 1.24 bits per heavy atom. The van der Waals surface area contributed by atoms with Gasteiger partial charge < -0.3 is 10.0 Å². The minimum Gasteiger partial charge on any atom is -0.396 e. The van der Waals surface area contributed by atoms with Crippen LogP contribution in [0, 0.1) is 0 Å². The fraction of sp³-hybridized carbons (Fsp3) is 0.923. The summed E-state index contributed by atoms with van der Waals surface area (Å²) in [6.45, 7) is 10.0. The maximum atomic E-state index is 11.4. The molecule has 0 aromatic heterocycles. The maximum Gasteiger partial charge on any atom is 0.219 e. The lowest BCUT2D eigenvalue weighted by molar-refractivity contribution is -0.133. The van der Waals surface area contributed by atoms with Crippen molar-refractivity contribution in [1.29, 1.82) is 0 Å². The van der Waals surface area contributed by atoms with Crippen LogP contribution in [0.2, 0.25) is 0 Å². The summed E-state index contributed by atoms with van der Waals surface area (Å²) >= 11 is 0. The quantitative estimate of drug-likeness (QED) is 0.734. The molecule has 1 rings (SSSR count). The third-order valence-electron chi connectivity index (χ3n) is 3.61. The van der Waals surface area contributed by atoms with E-state index in [1.54, 1.807) is 6.92 Å². The van der Waals surface area contributed by atoms with Crippen LogP contribution in [0.4, 0.5) is 0 Å². The molecule has 1 aliphatic heterocycles. The van der Waals surface area contributed by atoms with Crippen LogP contribution in [0.15, 0.2) is 0 Å². The Morgan fingerprint density at radius 3 is 2.47 bits per heavy atom. The van der Waals surface area contributed by atoms with Gasteiger partial charge in [0.15, 0.2) is 0 Å². The second kappa shape index (κ2) is 6.36. The molecule has 0 aromatic carbocycles. The van der Waals surface area contributed by atoms with Gasteiger partial charge in [0.25, 0.3) is 0 Å². The zero-order valence-corrected chi connectivity index (χ0v) is 11.4. The number of carbonyl (C=O) groups is 1. The Balaban J connectivity index is 2.39. The minimum absolute atomic E-state index is 0.0726. The summed E-state index contributed by atoms with van der Waals surface area (Å²) in [6, 6.07) is 0. The molecular formula is C13H26N2O2. The van der Waals surface area contributed by atoms with Gasteiger partial charge in [-0.1, -0.05) is 0 Å². The van der Waals surface area contributed by atoms with E-state index in [1.165, 1.54) is 0 Å². The van der Waals surface area contributed by atoms with Gasteiger partial charge in [0.2, 0.25) is 5.91 Å². The van der Waals surface area contributed by atoms with Gasteiger partial charge in [-0.05, 0) is 39.7 Å². The molecule has 1 N–H and O–H groups in total. The third-order valence-corrected chi connectivity index (χ3v) is 3.61. The molecule has 0 saturated carbocycles. The van der Waals surface area contributed by atoms with Crippen molar-refractivity contribution in [3.05, 3.63) is 0 Å². The second-order valence-electron chi connectivity index (χ2n) is 5.52. The predicted molar refractivity (Wildman–Crippen MR) is 68.8 cm³/mol. The van der Waals surface area contributed by atoms with Crippen molar-refractivity contribution >= 4 is 5.91 Å². The normalized spacial score (nSPS) is 20.6. The number of unbranched alkanes of at least 4 members (excludes halogenated alkanes) is 2. The Morgan fingerprint density at radius 2 is 1.94 bits per heavy atom. The van der Waals surface area contributed by atoms with E-state index in [4.69, 9.17) is 5.11 Å². The third kappa shape index (κ3) is 4.28. The number of rotatable bonds is 5. The molecule has 0 aromatic rings. The van der Waals surface area contributed by atoms with E-state index in [0.29, 0.717) is 6.61 Å². The summed E-state index contributed by atoms with van der Waals surface area (Å²) in [5, 5.41) is 8.74. The Kier molecular flexibility index (Phi) is 5.40. The van der Waals surface area contributed by atoms with Crippen LogP contribution >= 0.6 is 0 Å². The highest BCUT2D eigenvalue weighted by molar-refractivity contribution is 5.73. The van der Waals surface area contributed by atoms with E-state index in [-0.39, 0.29) is 11.4 Å². The van der Waals surface area contributed by atoms with Crippen LogP contribution in [-0.2, 0) is 4.79 Å². The summed E-state index contributed by atoms with van der Waals surface area (Å²) in [7, 11) is 0. The average Bonchev–Trinajstić information content (AvgIpc) is 2.25. The maximum absolute atomic E-state index is 11.4. The Bertz CT molecular complexity index is 254. The molecule has 1 fully saturated rings. The van der Waals surface area contributed by atoms with Gasteiger partial charge >= 0.3 is 0 Å². The molecule has 17 heavy (non-hydrogen) atoms. The standard InChI is InChI=1S/C13H26N2O2/c1-12(17)14-8-9-15(13(2,3)11-14)7-5-4-6-10-16/h16H,4-11H2,1-3H3. The van der Waals surface area contributed by atoms with Gasteiger partial charge in [0, 0.05) is 38.7 Å². The van der Waals surface area contributed by atoms with Crippen LogP contribution in [0.5, 0.6) is 0 Å². The molecule has 0 radical (unpaired) electrons. The zero-order valence-electron chi connectivity index (χ0n) is 11.4. The molecule has 1 heterocycles. The van der Waals surface area contributed by atoms with Crippen LogP contribution in [0.3, 0.4) is 0 Å². The van der Waals surface area contributed by atoms with Crippen molar-refractivity contribution in [2.24, 2.45) is 0 Å². The average molecular weight is 242 g/mol. The second-order valence-corrected chi connectivity index (χ2v) is 5.52.